The molecule has 0 aromatic carbocycles. The van der Waals surface area contributed by atoms with E-state index in [9.17, 15) is 0 Å². The fourth-order valence-electron chi connectivity index (χ4n) is 4.01. The number of rotatable bonds is 7. The van der Waals surface area contributed by atoms with Crippen LogP contribution in [0.4, 0.5) is 0 Å². The van der Waals surface area contributed by atoms with Gasteiger partial charge in [-0.1, -0.05) is 0 Å². The van der Waals surface area contributed by atoms with Crippen LogP contribution < -0.4 is 4.74 Å². The SMILES string of the molecule is CN(C)CCOc1cncc(-c2cnc3[nH]nc(-c4nc5c(-c6ccncc6)nccc5[nH]4)c3c2)c1. The second-order valence-electron chi connectivity index (χ2n) is 8.63. The number of nitrogens with one attached hydrogen (secondary N) is 2. The zero-order valence-electron chi connectivity index (χ0n) is 19.8. The molecule has 6 aromatic heterocycles. The van der Waals surface area contributed by atoms with Crippen molar-refractivity contribution >= 4 is 22.1 Å². The van der Waals surface area contributed by atoms with Crippen molar-refractivity contribution in [2.45, 2.75) is 0 Å². The van der Waals surface area contributed by atoms with Crippen molar-refractivity contribution < 1.29 is 4.74 Å². The molecule has 0 saturated carbocycles. The quantitative estimate of drug-likeness (QED) is 0.354. The van der Waals surface area contributed by atoms with E-state index in [2.05, 4.69) is 40.0 Å². The molecule has 2 N–H and O–H groups in total. The molecule has 0 spiro atoms. The molecular weight excluding hydrogens is 454 g/mol. The summed E-state index contributed by atoms with van der Waals surface area (Å²) in [6, 6.07) is 9.75. The third kappa shape index (κ3) is 4.14. The fraction of sp³-hybridized carbons (Fsp3) is 0.154. The van der Waals surface area contributed by atoms with Gasteiger partial charge in [-0.3, -0.25) is 20.1 Å². The average Bonchev–Trinajstić information content (AvgIpc) is 3.53. The summed E-state index contributed by atoms with van der Waals surface area (Å²) in [5, 5.41) is 8.38. The third-order valence-electron chi connectivity index (χ3n) is 5.85. The van der Waals surface area contributed by atoms with Crippen LogP contribution in [0.3, 0.4) is 0 Å². The zero-order valence-corrected chi connectivity index (χ0v) is 19.8. The highest BCUT2D eigenvalue weighted by atomic mass is 16.5. The Morgan fingerprint density at radius 3 is 2.58 bits per heavy atom. The predicted molar refractivity (Wildman–Crippen MR) is 137 cm³/mol. The molecule has 36 heavy (non-hydrogen) atoms. The van der Waals surface area contributed by atoms with E-state index in [1.807, 2.05) is 44.4 Å². The number of fused-ring (bicyclic) bond motifs is 2. The van der Waals surface area contributed by atoms with Crippen molar-refractivity contribution in [3.63, 3.8) is 0 Å². The second kappa shape index (κ2) is 9.16. The van der Waals surface area contributed by atoms with Gasteiger partial charge in [0.05, 0.1) is 22.8 Å². The van der Waals surface area contributed by atoms with Gasteiger partial charge in [0.2, 0.25) is 0 Å². The Kier molecular flexibility index (Phi) is 5.55. The predicted octanol–water partition coefficient (Wildman–Crippen LogP) is 3.96. The van der Waals surface area contributed by atoms with Crippen molar-refractivity contribution in [1.29, 1.82) is 0 Å². The molecule has 10 heteroatoms. The minimum atomic E-state index is 0.587. The lowest BCUT2D eigenvalue weighted by atomic mass is 10.1. The molecule has 0 fully saturated rings. The summed E-state index contributed by atoms with van der Waals surface area (Å²) in [6.45, 7) is 1.41. The van der Waals surface area contributed by atoms with Crippen molar-refractivity contribution in [1.82, 2.24) is 45.0 Å². The van der Waals surface area contributed by atoms with E-state index in [0.717, 1.165) is 51.1 Å². The van der Waals surface area contributed by atoms with Crippen LogP contribution in [0.1, 0.15) is 0 Å². The highest BCUT2D eigenvalue weighted by Gasteiger charge is 2.17. The minimum absolute atomic E-state index is 0.587. The van der Waals surface area contributed by atoms with E-state index >= 15 is 0 Å². The summed E-state index contributed by atoms with van der Waals surface area (Å²) >= 11 is 0. The van der Waals surface area contributed by atoms with E-state index < -0.39 is 0 Å². The minimum Gasteiger partial charge on any atom is -0.491 e. The monoisotopic (exact) mass is 477 g/mol. The van der Waals surface area contributed by atoms with E-state index in [-0.39, 0.29) is 0 Å². The van der Waals surface area contributed by atoms with E-state index in [0.29, 0.717) is 23.8 Å². The molecule has 6 heterocycles. The molecule has 0 atom stereocenters. The third-order valence-corrected chi connectivity index (χ3v) is 5.85. The molecule has 0 amide bonds. The lowest BCUT2D eigenvalue weighted by molar-refractivity contribution is 0.261. The number of hydrogen-bond donors (Lipinski definition) is 2. The fourth-order valence-corrected chi connectivity index (χ4v) is 4.01. The number of hydrogen-bond acceptors (Lipinski definition) is 8. The van der Waals surface area contributed by atoms with Gasteiger partial charge in [-0.15, -0.1) is 0 Å². The number of pyridine rings is 4. The molecular formula is C26H23N9O. The van der Waals surface area contributed by atoms with Crippen molar-refractivity contribution in [2.24, 2.45) is 0 Å². The maximum atomic E-state index is 5.86. The summed E-state index contributed by atoms with van der Waals surface area (Å²) in [4.78, 5) is 27.9. The number of nitrogens with zero attached hydrogens (tertiary/aromatic N) is 7. The summed E-state index contributed by atoms with van der Waals surface area (Å²) in [5.41, 5.74) is 6.55. The lowest BCUT2D eigenvalue weighted by Crippen LogP contribution is -2.19. The maximum absolute atomic E-state index is 5.86. The van der Waals surface area contributed by atoms with Crippen molar-refractivity contribution in [3.05, 3.63) is 67.5 Å². The Morgan fingerprint density at radius 2 is 1.72 bits per heavy atom. The van der Waals surface area contributed by atoms with Gasteiger partial charge in [-0.25, -0.2) is 9.97 Å². The van der Waals surface area contributed by atoms with Crippen LogP contribution in [0.5, 0.6) is 5.75 Å². The standard InChI is InChI=1S/C26H23N9O/c1-35(2)9-10-36-19-11-17(13-28-15-19)18-12-20-23(33-34-25(20)30-14-18)26-31-21-5-8-29-22(24(21)32-26)16-3-6-27-7-4-16/h3-8,11-15H,9-10H2,1-2H3,(H,31,32)(H,30,33,34). The van der Waals surface area contributed by atoms with Crippen LogP contribution in [-0.2, 0) is 0 Å². The smallest absolute Gasteiger partial charge is 0.159 e. The molecule has 0 radical (unpaired) electrons. The zero-order chi connectivity index (χ0) is 24.5. The van der Waals surface area contributed by atoms with Gasteiger partial charge in [0, 0.05) is 54.2 Å². The summed E-state index contributed by atoms with van der Waals surface area (Å²) in [6.07, 6.45) is 10.6. The summed E-state index contributed by atoms with van der Waals surface area (Å²) in [5.74, 6) is 1.35. The Hall–Kier alpha value is -4.70. The largest absolute Gasteiger partial charge is 0.491 e. The van der Waals surface area contributed by atoms with Gasteiger partial charge in [0.1, 0.15) is 23.6 Å². The summed E-state index contributed by atoms with van der Waals surface area (Å²) in [7, 11) is 4.03. The van der Waals surface area contributed by atoms with Gasteiger partial charge < -0.3 is 14.6 Å². The molecule has 0 aliphatic rings. The van der Waals surface area contributed by atoms with Gasteiger partial charge in [-0.05, 0) is 44.4 Å². The lowest BCUT2D eigenvalue weighted by Gasteiger charge is -2.11. The molecule has 178 valence electrons. The van der Waals surface area contributed by atoms with Crippen LogP contribution >= 0.6 is 0 Å². The van der Waals surface area contributed by atoms with Crippen LogP contribution in [0.15, 0.2) is 67.5 Å². The van der Waals surface area contributed by atoms with E-state index in [1.54, 1.807) is 37.2 Å². The van der Waals surface area contributed by atoms with Crippen molar-refractivity contribution in [3.8, 4) is 39.7 Å². The number of aromatic nitrogens is 8. The number of ether oxygens (including phenoxy) is 1. The average molecular weight is 478 g/mol. The van der Waals surface area contributed by atoms with Gasteiger partial charge >= 0.3 is 0 Å². The Bertz CT molecular complexity index is 1660. The van der Waals surface area contributed by atoms with Gasteiger partial charge in [0.15, 0.2) is 11.5 Å². The van der Waals surface area contributed by atoms with Crippen LogP contribution in [0.2, 0.25) is 0 Å². The van der Waals surface area contributed by atoms with Crippen molar-refractivity contribution in [2.75, 3.05) is 27.2 Å². The van der Waals surface area contributed by atoms with Crippen LogP contribution in [0, 0.1) is 0 Å². The topological polar surface area (TPSA) is 121 Å². The number of aromatic amines is 2. The Morgan fingerprint density at radius 1 is 0.861 bits per heavy atom. The number of H-pyrrole nitrogens is 2. The Balaban J connectivity index is 1.38. The number of imidazole rings is 1. The Labute approximate surface area is 206 Å². The molecule has 6 rings (SSSR count). The first-order valence-corrected chi connectivity index (χ1v) is 11.5. The van der Waals surface area contributed by atoms with E-state index in [1.165, 1.54) is 0 Å². The second-order valence-corrected chi connectivity index (χ2v) is 8.63. The normalized spacial score (nSPS) is 11.5. The first-order valence-electron chi connectivity index (χ1n) is 11.5. The number of likely N-dealkylation sites (N-methyl/N-ethyl adjacent to an activating group) is 1. The van der Waals surface area contributed by atoms with Crippen LogP contribution in [-0.4, -0.2) is 72.2 Å². The summed E-state index contributed by atoms with van der Waals surface area (Å²) < 4.78 is 5.86. The maximum Gasteiger partial charge on any atom is 0.159 e. The van der Waals surface area contributed by atoms with Gasteiger partial charge in [-0.2, -0.15) is 5.10 Å². The molecule has 6 aromatic rings. The first-order chi connectivity index (χ1) is 17.7. The molecule has 0 aliphatic carbocycles. The highest BCUT2D eigenvalue weighted by molar-refractivity contribution is 5.96. The van der Waals surface area contributed by atoms with Gasteiger partial charge in [0.25, 0.3) is 0 Å². The molecule has 10 nitrogen and oxygen atoms in total. The molecule has 0 unspecified atom stereocenters. The molecule has 0 aliphatic heterocycles. The van der Waals surface area contributed by atoms with E-state index in [4.69, 9.17) is 9.72 Å². The molecule has 0 saturated heterocycles. The van der Waals surface area contributed by atoms with Crippen LogP contribution in [0.25, 0.3) is 56.0 Å². The molecule has 0 bridgehead atoms. The highest BCUT2D eigenvalue weighted by Crippen LogP contribution is 2.31. The first kappa shape index (κ1) is 21.8.